The number of hydrogen-bond donors (Lipinski definition) is 2. The molecule has 0 aliphatic rings. The molecule has 0 unspecified atom stereocenters. The van der Waals surface area contributed by atoms with Crippen molar-refractivity contribution in [2.75, 3.05) is 11.9 Å². The Morgan fingerprint density at radius 3 is 2.31 bits per heavy atom. The van der Waals surface area contributed by atoms with Crippen molar-refractivity contribution in [3.63, 3.8) is 0 Å². The molecule has 36 heavy (non-hydrogen) atoms. The summed E-state index contributed by atoms with van der Waals surface area (Å²) >= 11 is 11.8. The van der Waals surface area contributed by atoms with Gasteiger partial charge in [0.05, 0.1) is 27.1 Å². The van der Waals surface area contributed by atoms with Crippen LogP contribution in [0.15, 0.2) is 71.6 Å². The van der Waals surface area contributed by atoms with E-state index in [0.717, 1.165) is 6.07 Å². The molecule has 0 aliphatic carbocycles. The molecule has 6 nitrogen and oxygen atoms in total. The van der Waals surface area contributed by atoms with Crippen LogP contribution in [0, 0.1) is 0 Å². The first-order valence-electron chi connectivity index (χ1n) is 10.6. The van der Waals surface area contributed by atoms with Gasteiger partial charge in [0.1, 0.15) is 11.8 Å². The number of alkyl halides is 3. The maximum atomic E-state index is 13.2. The molecule has 3 aromatic rings. The zero-order chi connectivity index (χ0) is 26.5. The van der Waals surface area contributed by atoms with Gasteiger partial charge >= 0.3 is 6.18 Å². The Hall–Kier alpha value is -2.79. The van der Waals surface area contributed by atoms with Crippen molar-refractivity contribution in [2.45, 2.75) is 30.5 Å². The first kappa shape index (κ1) is 27.8. The number of sulfonamides is 1. The minimum atomic E-state index is -4.74. The quantitative estimate of drug-likeness (QED) is 0.339. The van der Waals surface area contributed by atoms with Gasteiger partial charge in [0, 0.05) is 5.69 Å². The summed E-state index contributed by atoms with van der Waals surface area (Å²) in [6.07, 6.45) is -4.81. The zero-order valence-corrected chi connectivity index (χ0v) is 21.1. The van der Waals surface area contributed by atoms with E-state index >= 15 is 0 Å². The van der Waals surface area contributed by atoms with Crippen LogP contribution >= 0.6 is 23.2 Å². The molecule has 1 amide bonds. The van der Waals surface area contributed by atoms with Crippen LogP contribution in [-0.4, -0.2) is 27.0 Å². The number of anilines is 1. The topological polar surface area (TPSA) is 84.5 Å². The summed E-state index contributed by atoms with van der Waals surface area (Å²) in [4.78, 5) is 12.9. The summed E-state index contributed by atoms with van der Waals surface area (Å²) in [5.41, 5.74) is -0.707. The van der Waals surface area contributed by atoms with Crippen LogP contribution in [-0.2, 0) is 27.4 Å². The predicted molar refractivity (Wildman–Crippen MR) is 132 cm³/mol. The van der Waals surface area contributed by atoms with Crippen LogP contribution in [0.2, 0.25) is 10.0 Å². The molecule has 0 aliphatic heterocycles. The van der Waals surface area contributed by atoms with Crippen LogP contribution < -0.4 is 14.8 Å². The molecule has 0 bridgehead atoms. The molecule has 1 atom stereocenters. The number of carbonyl (C=O) groups excluding carboxylic acids is 1. The molecule has 12 heteroatoms. The maximum absolute atomic E-state index is 13.2. The van der Waals surface area contributed by atoms with E-state index in [0.29, 0.717) is 24.0 Å². The Bertz CT molecular complexity index is 1340. The van der Waals surface area contributed by atoms with Crippen LogP contribution in [0.25, 0.3) is 0 Å². The molecule has 0 radical (unpaired) electrons. The number of halogens is 5. The molecule has 3 aromatic carbocycles. The van der Waals surface area contributed by atoms with Gasteiger partial charge in [0.25, 0.3) is 0 Å². The standard InChI is InChI=1S/C24H21Cl2F3N2O4S/c1-2-35-22-11-9-17(14-20(22)26)36(33,34)31-21(12-15-6-4-3-5-7-15)23(32)30-16-8-10-19(25)18(13-16)24(27,28)29/h3-11,13-14,21,31H,2,12H2,1H3,(H,30,32)/t21-/m1/s1. The summed E-state index contributed by atoms with van der Waals surface area (Å²) in [5, 5.41) is 1.87. The largest absolute Gasteiger partial charge is 0.492 e. The number of nitrogens with one attached hydrogen (secondary N) is 2. The number of rotatable bonds is 9. The summed E-state index contributed by atoms with van der Waals surface area (Å²) in [7, 11) is -4.26. The molecule has 0 heterocycles. The number of benzene rings is 3. The van der Waals surface area contributed by atoms with Gasteiger partial charge in [-0.15, -0.1) is 0 Å². The second-order valence-electron chi connectivity index (χ2n) is 7.57. The van der Waals surface area contributed by atoms with Crippen molar-refractivity contribution in [2.24, 2.45) is 0 Å². The molecule has 0 aromatic heterocycles. The van der Waals surface area contributed by atoms with Crippen molar-refractivity contribution in [1.82, 2.24) is 4.72 Å². The minimum Gasteiger partial charge on any atom is -0.492 e. The third kappa shape index (κ3) is 7.13. The highest BCUT2D eigenvalue weighted by Gasteiger charge is 2.34. The SMILES string of the molecule is CCOc1ccc(S(=O)(=O)N[C@H](Cc2ccccc2)C(=O)Nc2ccc(Cl)c(C(F)(F)F)c2)cc1Cl. The van der Waals surface area contributed by atoms with Crippen molar-refractivity contribution >= 4 is 44.8 Å². The van der Waals surface area contributed by atoms with E-state index in [1.165, 1.54) is 24.3 Å². The number of ether oxygens (including phenoxy) is 1. The summed E-state index contributed by atoms with van der Waals surface area (Å²) in [6, 6.07) is 13.9. The minimum absolute atomic E-state index is 0.0598. The van der Waals surface area contributed by atoms with E-state index in [1.807, 2.05) is 0 Å². The highest BCUT2D eigenvalue weighted by molar-refractivity contribution is 7.89. The Kier molecular flexibility index (Phi) is 8.89. The van der Waals surface area contributed by atoms with Crippen molar-refractivity contribution in [1.29, 1.82) is 0 Å². The van der Waals surface area contributed by atoms with Gasteiger partial charge < -0.3 is 10.1 Å². The third-order valence-corrected chi connectivity index (χ3v) is 7.04. The van der Waals surface area contributed by atoms with E-state index in [2.05, 4.69) is 10.0 Å². The van der Waals surface area contributed by atoms with Crippen LogP contribution in [0.3, 0.4) is 0 Å². The summed E-state index contributed by atoms with van der Waals surface area (Å²) < 4.78 is 73.5. The Morgan fingerprint density at radius 2 is 1.69 bits per heavy atom. The van der Waals surface area contributed by atoms with Crippen molar-refractivity contribution < 1.29 is 31.1 Å². The number of amides is 1. The fraction of sp³-hybridized carbons (Fsp3) is 0.208. The predicted octanol–water partition coefficient (Wildman–Crippen LogP) is 5.94. The fourth-order valence-electron chi connectivity index (χ4n) is 3.26. The van der Waals surface area contributed by atoms with Gasteiger partial charge in [-0.05, 0) is 55.3 Å². The summed E-state index contributed by atoms with van der Waals surface area (Å²) in [6.45, 7) is 2.07. The monoisotopic (exact) mass is 560 g/mol. The second-order valence-corrected chi connectivity index (χ2v) is 10.1. The lowest BCUT2D eigenvalue weighted by molar-refractivity contribution is -0.137. The second kappa shape index (κ2) is 11.5. The number of carbonyl (C=O) groups is 1. The fourth-order valence-corrected chi connectivity index (χ4v) is 5.01. The lowest BCUT2D eigenvalue weighted by atomic mass is 10.1. The third-order valence-electron chi connectivity index (χ3n) is 4.95. The molecule has 0 saturated carbocycles. The Labute approximate surface area is 216 Å². The molecule has 2 N–H and O–H groups in total. The molecule has 0 spiro atoms. The average molecular weight is 561 g/mol. The first-order valence-corrected chi connectivity index (χ1v) is 12.8. The molecule has 0 fully saturated rings. The van der Waals surface area contributed by atoms with Crippen LogP contribution in [0.5, 0.6) is 5.75 Å². The number of hydrogen-bond acceptors (Lipinski definition) is 4. The zero-order valence-electron chi connectivity index (χ0n) is 18.8. The Balaban J connectivity index is 1.90. The van der Waals surface area contributed by atoms with E-state index in [4.69, 9.17) is 27.9 Å². The van der Waals surface area contributed by atoms with E-state index in [9.17, 15) is 26.4 Å². The molecular formula is C24H21Cl2F3N2O4S. The first-order chi connectivity index (χ1) is 16.9. The van der Waals surface area contributed by atoms with E-state index in [-0.39, 0.29) is 22.0 Å². The smallest absolute Gasteiger partial charge is 0.417 e. The van der Waals surface area contributed by atoms with E-state index in [1.54, 1.807) is 37.3 Å². The highest BCUT2D eigenvalue weighted by Crippen LogP contribution is 2.36. The van der Waals surface area contributed by atoms with Crippen LogP contribution in [0.1, 0.15) is 18.1 Å². The molecule has 192 valence electrons. The van der Waals surface area contributed by atoms with Gasteiger partial charge in [-0.1, -0.05) is 53.5 Å². The van der Waals surface area contributed by atoms with Crippen LogP contribution in [0.4, 0.5) is 18.9 Å². The maximum Gasteiger partial charge on any atom is 0.417 e. The van der Waals surface area contributed by atoms with Gasteiger partial charge in [-0.3, -0.25) is 4.79 Å². The van der Waals surface area contributed by atoms with Gasteiger partial charge in [0.2, 0.25) is 15.9 Å². The van der Waals surface area contributed by atoms with Gasteiger partial charge in [-0.2, -0.15) is 17.9 Å². The van der Waals surface area contributed by atoms with Crippen molar-refractivity contribution in [3.05, 3.63) is 87.9 Å². The molecular weight excluding hydrogens is 540 g/mol. The molecule has 3 rings (SSSR count). The lowest BCUT2D eigenvalue weighted by Crippen LogP contribution is -2.45. The average Bonchev–Trinajstić information content (AvgIpc) is 2.81. The Morgan fingerprint density at radius 1 is 1.00 bits per heavy atom. The highest BCUT2D eigenvalue weighted by atomic mass is 35.5. The summed E-state index contributed by atoms with van der Waals surface area (Å²) in [5.74, 6) is -0.574. The van der Waals surface area contributed by atoms with Gasteiger partial charge in [0.15, 0.2) is 0 Å². The molecule has 0 saturated heterocycles. The van der Waals surface area contributed by atoms with Crippen molar-refractivity contribution in [3.8, 4) is 5.75 Å². The van der Waals surface area contributed by atoms with E-state index < -0.39 is 38.7 Å². The normalized spacial score (nSPS) is 12.7. The lowest BCUT2D eigenvalue weighted by Gasteiger charge is -2.20. The van der Waals surface area contributed by atoms with Gasteiger partial charge in [-0.25, -0.2) is 8.42 Å².